The summed E-state index contributed by atoms with van der Waals surface area (Å²) in [7, 11) is 1.60. The molecule has 1 aliphatic carbocycles. The minimum Gasteiger partial charge on any atom is -0.497 e. The molecule has 0 unspecified atom stereocenters. The zero-order valence-corrected chi connectivity index (χ0v) is 22.5. The molecular formula is C30H34N2O4S. The van der Waals surface area contributed by atoms with Gasteiger partial charge in [0.1, 0.15) is 24.7 Å². The van der Waals surface area contributed by atoms with Gasteiger partial charge in [-0.1, -0.05) is 26.0 Å². The fourth-order valence-corrected chi connectivity index (χ4v) is 5.82. The van der Waals surface area contributed by atoms with Gasteiger partial charge in [-0.15, -0.1) is 11.3 Å². The Morgan fingerprint density at radius 2 is 1.73 bits per heavy atom. The first-order chi connectivity index (χ1) is 17.9. The number of rotatable bonds is 9. The quantitative estimate of drug-likeness (QED) is 0.365. The van der Waals surface area contributed by atoms with Crippen LogP contribution in [0.25, 0.3) is 0 Å². The number of hydrogen-bond acceptors (Lipinski definition) is 5. The lowest BCUT2D eigenvalue weighted by Gasteiger charge is -2.37. The summed E-state index contributed by atoms with van der Waals surface area (Å²) < 4.78 is 11.4. The van der Waals surface area contributed by atoms with E-state index >= 15 is 0 Å². The Bertz CT molecular complexity index is 1230. The molecule has 5 rings (SSSR count). The highest BCUT2D eigenvalue weighted by molar-refractivity contribution is 7.10. The maximum atomic E-state index is 13.7. The summed E-state index contributed by atoms with van der Waals surface area (Å²) in [6.07, 6.45) is 2.69. The fraction of sp³-hybridized carbons (Fsp3) is 0.400. The molecule has 2 amide bonds. The zero-order chi connectivity index (χ0) is 25.9. The lowest BCUT2D eigenvalue weighted by atomic mass is 10.00. The minimum atomic E-state index is -0.176. The van der Waals surface area contributed by atoms with Gasteiger partial charge in [-0.25, -0.2) is 0 Å². The molecule has 37 heavy (non-hydrogen) atoms. The third-order valence-corrected chi connectivity index (χ3v) is 8.26. The van der Waals surface area contributed by atoms with Crippen LogP contribution < -0.4 is 9.47 Å². The molecule has 0 radical (unpaired) electrons. The van der Waals surface area contributed by atoms with Crippen molar-refractivity contribution in [2.75, 3.05) is 26.8 Å². The molecule has 2 heterocycles. The Kier molecular flexibility index (Phi) is 7.51. The molecule has 2 aliphatic rings. The fourth-order valence-electron chi connectivity index (χ4n) is 4.89. The van der Waals surface area contributed by atoms with Gasteiger partial charge in [0.2, 0.25) is 5.91 Å². The first-order valence-electron chi connectivity index (χ1n) is 13.0. The van der Waals surface area contributed by atoms with Crippen molar-refractivity contribution in [1.82, 2.24) is 9.80 Å². The topological polar surface area (TPSA) is 59.1 Å². The average Bonchev–Trinajstić information content (AvgIpc) is 3.65. The number of fused-ring (bicyclic) bond motifs is 1. The van der Waals surface area contributed by atoms with Crippen molar-refractivity contribution >= 4 is 23.2 Å². The van der Waals surface area contributed by atoms with Crippen LogP contribution in [-0.4, -0.2) is 54.5 Å². The van der Waals surface area contributed by atoms with E-state index < -0.39 is 0 Å². The number of carbonyl (C=O) groups is 2. The average molecular weight is 519 g/mol. The Morgan fingerprint density at radius 3 is 2.38 bits per heavy atom. The van der Waals surface area contributed by atoms with Crippen molar-refractivity contribution < 1.29 is 19.1 Å². The van der Waals surface area contributed by atoms with E-state index in [1.807, 2.05) is 17.0 Å². The maximum absolute atomic E-state index is 13.7. The lowest BCUT2D eigenvalue weighted by molar-refractivity contribution is -0.135. The van der Waals surface area contributed by atoms with Gasteiger partial charge in [-0.05, 0) is 84.2 Å². The summed E-state index contributed by atoms with van der Waals surface area (Å²) in [4.78, 5) is 32.0. The van der Waals surface area contributed by atoms with E-state index in [1.54, 1.807) is 47.6 Å². The van der Waals surface area contributed by atoms with Gasteiger partial charge >= 0.3 is 0 Å². The first kappa shape index (κ1) is 25.3. The molecule has 6 nitrogen and oxygen atoms in total. The third-order valence-electron chi connectivity index (χ3n) is 7.26. The van der Waals surface area contributed by atoms with Gasteiger partial charge in [0.25, 0.3) is 5.91 Å². The first-order valence-corrected chi connectivity index (χ1v) is 13.9. The van der Waals surface area contributed by atoms with Crippen LogP contribution in [-0.2, 0) is 11.2 Å². The SMILES string of the molecule is COc1ccc(C(=O)N(CC(=O)N2CCc3sccc3[C@H]2COc2ccc(C(C)C)cc2)C2CC2)cc1. The number of ether oxygens (including phenoxy) is 2. The summed E-state index contributed by atoms with van der Waals surface area (Å²) in [6, 6.07) is 17.3. The maximum Gasteiger partial charge on any atom is 0.254 e. The second kappa shape index (κ2) is 11.0. The van der Waals surface area contributed by atoms with Gasteiger partial charge in [-0.3, -0.25) is 9.59 Å². The normalized spacial score (nSPS) is 16.9. The molecule has 0 bridgehead atoms. The minimum absolute atomic E-state index is 0.0330. The third kappa shape index (κ3) is 5.67. The summed E-state index contributed by atoms with van der Waals surface area (Å²) in [6.45, 7) is 5.43. The number of hydrogen-bond donors (Lipinski definition) is 0. The molecule has 0 spiro atoms. The second-order valence-electron chi connectivity index (χ2n) is 10.1. The van der Waals surface area contributed by atoms with Gasteiger partial charge in [-0.2, -0.15) is 0 Å². The summed E-state index contributed by atoms with van der Waals surface area (Å²) in [5.74, 6) is 1.82. The zero-order valence-electron chi connectivity index (χ0n) is 21.7. The smallest absolute Gasteiger partial charge is 0.254 e. The largest absolute Gasteiger partial charge is 0.497 e. The van der Waals surface area contributed by atoms with Crippen LogP contribution in [0.1, 0.15) is 65.0 Å². The van der Waals surface area contributed by atoms with E-state index in [1.165, 1.54) is 10.4 Å². The van der Waals surface area contributed by atoms with Gasteiger partial charge in [0.15, 0.2) is 0 Å². The number of benzene rings is 2. The molecule has 1 atom stereocenters. The molecule has 194 valence electrons. The number of amides is 2. The predicted octanol–water partition coefficient (Wildman–Crippen LogP) is 5.69. The second-order valence-corrected chi connectivity index (χ2v) is 11.1. The van der Waals surface area contributed by atoms with Crippen LogP contribution in [0, 0.1) is 0 Å². The summed E-state index contributed by atoms with van der Waals surface area (Å²) >= 11 is 1.74. The summed E-state index contributed by atoms with van der Waals surface area (Å²) in [5.41, 5.74) is 3.00. The predicted molar refractivity (Wildman–Crippen MR) is 146 cm³/mol. The number of nitrogens with zero attached hydrogens (tertiary/aromatic N) is 2. The van der Waals surface area contributed by atoms with Crippen LogP contribution >= 0.6 is 11.3 Å². The summed E-state index contributed by atoms with van der Waals surface area (Å²) in [5, 5.41) is 2.09. The highest BCUT2D eigenvalue weighted by Crippen LogP contribution is 2.35. The highest BCUT2D eigenvalue weighted by Gasteiger charge is 2.38. The van der Waals surface area contributed by atoms with Crippen molar-refractivity contribution in [3.63, 3.8) is 0 Å². The van der Waals surface area contributed by atoms with Crippen molar-refractivity contribution in [2.45, 2.75) is 51.1 Å². The van der Waals surface area contributed by atoms with Crippen LogP contribution in [0.3, 0.4) is 0 Å². The Balaban J connectivity index is 1.31. The van der Waals surface area contributed by atoms with E-state index in [0.29, 0.717) is 30.4 Å². The number of carbonyl (C=O) groups excluding carboxylic acids is 2. The van der Waals surface area contributed by atoms with Crippen LogP contribution in [0.2, 0.25) is 0 Å². The van der Waals surface area contributed by atoms with E-state index in [0.717, 1.165) is 30.6 Å². The lowest BCUT2D eigenvalue weighted by Crippen LogP contribution is -2.48. The van der Waals surface area contributed by atoms with E-state index in [2.05, 4.69) is 37.4 Å². The van der Waals surface area contributed by atoms with Crippen LogP contribution in [0.15, 0.2) is 60.0 Å². The van der Waals surface area contributed by atoms with Crippen molar-refractivity contribution in [1.29, 1.82) is 0 Å². The van der Waals surface area contributed by atoms with E-state index in [9.17, 15) is 9.59 Å². The Labute approximate surface area is 222 Å². The van der Waals surface area contributed by atoms with Crippen molar-refractivity contribution in [3.05, 3.63) is 81.5 Å². The molecule has 0 N–H and O–H groups in total. The molecule has 1 fully saturated rings. The Morgan fingerprint density at radius 1 is 1.03 bits per heavy atom. The molecule has 7 heteroatoms. The standard InChI is InChI=1S/C30H34N2O4S/c1-20(2)21-4-12-25(13-5-21)36-19-27-26-15-17-37-28(26)14-16-31(27)29(33)18-32(23-8-9-23)30(34)22-6-10-24(35-3)11-7-22/h4-7,10-13,15,17,20,23,27H,8-9,14,16,18-19H2,1-3H3/t27-/m1/s1. The van der Waals surface area contributed by atoms with Crippen LogP contribution in [0.4, 0.5) is 0 Å². The highest BCUT2D eigenvalue weighted by atomic mass is 32.1. The van der Waals surface area contributed by atoms with Crippen LogP contribution in [0.5, 0.6) is 11.5 Å². The molecular weight excluding hydrogens is 484 g/mol. The van der Waals surface area contributed by atoms with Gasteiger partial charge < -0.3 is 19.3 Å². The molecule has 2 aromatic carbocycles. The van der Waals surface area contributed by atoms with E-state index in [-0.39, 0.29) is 30.4 Å². The molecule has 3 aromatic rings. The number of thiophene rings is 1. The molecule has 1 saturated carbocycles. The van der Waals surface area contributed by atoms with Crippen molar-refractivity contribution in [2.24, 2.45) is 0 Å². The van der Waals surface area contributed by atoms with Gasteiger partial charge in [0.05, 0.1) is 13.2 Å². The molecule has 0 saturated heterocycles. The van der Waals surface area contributed by atoms with Gasteiger partial charge in [0, 0.05) is 23.0 Å². The Hall–Kier alpha value is -3.32. The number of methoxy groups -OCH3 is 1. The monoisotopic (exact) mass is 518 g/mol. The molecule has 1 aliphatic heterocycles. The molecule has 1 aromatic heterocycles. The van der Waals surface area contributed by atoms with Crippen molar-refractivity contribution in [3.8, 4) is 11.5 Å². The van der Waals surface area contributed by atoms with E-state index in [4.69, 9.17) is 9.47 Å².